The SMILES string of the molecule is CC(C)=C[C@@H]1[C@@H](C(=O)N2CCC[C@H](CCC(=O)O)C2)C1(C)C. The number of aliphatic carboxylic acids is 1. The van der Waals surface area contributed by atoms with Crippen LogP contribution in [0.3, 0.4) is 0 Å². The van der Waals surface area contributed by atoms with Crippen LogP contribution in [0, 0.1) is 23.2 Å². The molecule has 1 heterocycles. The van der Waals surface area contributed by atoms with Crippen molar-refractivity contribution in [3.8, 4) is 0 Å². The Hall–Kier alpha value is -1.32. The number of carboxylic acids is 1. The van der Waals surface area contributed by atoms with Crippen molar-refractivity contribution in [2.45, 2.75) is 53.4 Å². The first-order valence-electron chi connectivity index (χ1n) is 8.39. The summed E-state index contributed by atoms with van der Waals surface area (Å²) in [5, 5.41) is 8.82. The van der Waals surface area contributed by atoms with Crippen molar-refractivity contribution < 1.29 is 14.7 Å². The number of nitrogens with zero attached hydrogens (tertiary/aromatic N) is 1. The normalized spacial score (nSPS) is 29.8. The third-order valence-electron chi connectivity index (χ3n) is 5.29. The average Bonchev–Trinajstić information content (AvgIpc) is 2.96. The number of allylic oxidation sites excluding steroid dienone is 2. The maximum Gasteiger partial charge on any atom is 0.303 e. The molecule has 4 nitrogen and oxygen atoms in total. The van der Waals surface area contributed by atoms with E-state index in [0.29, 0.717) is 18.3 Å². The van der Waals surface area contributed by atoms with Gasteiger partial charge in [0, 0.05) is 19.5 Å². The van der Waals surface area contributed by atoms with Crippen molar-refractivity contribution in [2.24, 2.45) is 23.2 Å². The molecule has 0 spiro atoms. The first kappa shape index (κ1) is 17.0. The van der Waals surface area contributed by atoms with Crippen molar-refractivity contribution in [3.63, 3.8) is 0 Å². The van der Waals surface area contributed by atoms with Gasteiger partial charge in [-0.05, 0) is 50.4 Å². The van der Waals surface area contributed by atoms with Crippen LogP contribution in [-0.4, -0.2) is 35.0 Å². The number of carbonyl (C=O) groups excluding carboxylic acids is 1. The molecule has 22 heavy (non-hydrogen) atoms. The first-order valence-corrected chi connectivity index (χ1v) is 8.39. The van der Waals surface area contributed by atoms with Crippen LogP contribution in [0.15, 0.2) is 11.6 Å². The van der Waals surface area contributed by atoms with Crippen LogP contribution in [0.1, 0.15) is 53.4 Å². The molecule has 1 aliphatic heterocycles. The molecular formula is C18H29NO3. The number of carbonyl (C=O) groups is 2. The third-order valence-corrected chi connectivity index (χ3v) is 5.29. The van der Waals surface area contributed by atoms with E-state index in [-0.39, 0.29) is 23.7 Å². The lowest BCUT2D eigenvalue weighted by molar-refractivity contribution is -0.137. The fraction of sp³-hybridized carbons (Fsp3) is 0.778. The lowest BCUT2D eigenvalue weighted by Gasteiger charge is -2.33. The van der Waals surface area contributed by atoms with E-state index in [9.17, 15) is 9.59 Å². The average molecular weight is 307 g/mol. The molecule has 1 saturated heterocycles. The van der Waals surface area contributed by atoms with Crippen LogP contribution in [-0.2, 0) is 9.59 Å². The first-order chi connectivity index (χ1) is 10.2. The fourth-order valence-corrected chi connectivity index (χ4v) is 3.84. The highest BCUT2D eigenvalue weighted by molar-refractivity contribution is 5.84. The molecule has 3 atom stereocenters. The summed E-state index contributed by atoms with van der Waals surface area (Å²) in [7, 11) is 0. The number of piperidine rings is 1. The van der Waals surface area contributed by atoms with Gasteiger partial charge < -0.3 is 10.0 Å². The highest BCUT2D eigenvalue weighted by Gasteiger charge is 2.61. The summed E-state index contributed by atoms with van der Waals surface area (Å²) in [6.45, 7) is 10.1. The van der Waals surface area contributed by atoms with Crippen LogP contribution in [0.2, 0.25) is 0 Å². The minimum Gasteiger partial charge on any atom is -0.481 e. The zero-order chi connectivity index (χ0) is 16.5. The maximum absolute atomic E-state index is 12.8. The molecule has 2 aliphatic rings. The second-order valence-corrected chi connectivity index (χ2v) is 7.79. The van der Waals surface area contributed by atoms with Gasteiger partial charge in [0.05, 0.1) is 5.92 Å². The summed E-state index contributed by atoms with van der Waals surface area (Å²) in [5.74, 6) is 0.325. The monoisotopic (exact) mass is 307 g/mol. The zero-order valence-corrected chi connectivity index (χ0v) is 14.3. The number of rotatable bonds is 5. The molecule has 1 saturated carbocycles. The highest BCUT2D eigenvalue weighted by atomic mass is 16.4. The molecular weight excluding hydrogens is 278 g/mol. The number of amides is 1. The van der Waals surface area contributed by atoms with Crippen molar-refractivity contribution in [3.05, 3.63) is 11.6 Å². The maximum atomic E-state index is 12.8. The van der Waals surface area contributed by atoms with E-state index in [2.05, 4.69) is 33.8 Å². The van der Waals surface area contributed by atoms with Crippen LogP contribution in [0.4, 0.5) is 0 Å². The molecule has 0 radical (unpaired) electrons. The van der Waals surface area contributed by atoms with Gasteiger partial charge in [0.1, 0.15) is 0 Å². The quantitative estimate of drug-likeness (QED) is 0.793. The Labute approximate surface area is 133 Å². The Morgan fingerprint density at radius 2 is 2.00 bits per heavy atom. The van der Waals surface area contributed by atoms with E-state index in [0.717, 1.165) is 25.9 Å². The minimum atomic E-state index is -0.740. The summed E-state index contributed by atoms with van der Waals surface area (Å²) in [6, 6.07) is 0. The van der Waals surface area contributed by atoms with Gasteiger partial charge in [-0.1, -0.05) is 25.5 Å². The number of carboxylic acid groups (broad SMARTS) is 1. The smallest absolute Gasteiger partial charge is 0.303 e. The number of likely N-dealkylation sites (tertiary alicyclic amines) is 1. The van der Waals surface area contributed by atoms with Crippen molar-refractivity contribution >= 4 is 11.9 Å². The Bertz CT molecular complexity index is 477. The molecule has 4 heteroatoms. The van der Waals surface area contributed by atoms with E-state index in [1.165, 1.54) is 5.57 Å². The third kappa shape index (κ3) is 3.71. The van der Waals surface area contributed by atoms with E-state index < -0.39 is 5.97 Å². The molecule has 1 N–H and O–H groups in total. The predicted octanol–water partition coefficient (Wildman–Crippen LogP) is 3.33. The van der Waals surface area contributed by atoms with Crippen molar-refractivity contribution in [2.75, 3.05) is 13.1 Å². The van der Waals surface area contributed by atoms with E-state index in [4.69, 9.17) is 5.11 Å². The minimum absolute atomic E-state index is 0.0579. The van der Waals surface area contributed by atoms with Gasteiger partial charge in [-0.25, -0.2) is 0 Å². The summed E-state index contributed by atoms with van der Waals surface area (Å²) < 4.78 is 0. The number of hydrogen-bond acceptors (Lipinski definition) is 2. The molecule has 2 rings (SSSR count). The molecule has 0 aromatic heterocycles. The second kappa shape index (κ2) is 6.43. The zero-order valence-electron chi connectivity index (χ0n) is 14.3. The summed E-state index contributed by atoms with van der Waals surface area (Å²) in [4.78, 5) is 25.5. The molecule has 0 bridgehead atoms. The van der Waals surface area contributed by atoms with Gasteiger partial charge in [0.15, 0.2) is 0 Å². The van der Waals surface area contributed by atoms with Gasteiger partial charge in [0.25, 0.3) is 0 Å². The van der Waals surface area contributed by atoms with Gasteiger partial charge in [0.2, 0.25) is 5.91 Å². The van der Waals surface area contributed by atoms with Crippen LogP contribution in [0.25, 0.3) is 0 Å². The largest absolute Gasteiger partial charge is 0.481 e. The van der Waals surface area contributed by atoms with Crippen LogP contribution >= 0.6 is 0 Å². The van der Waals surface area contributed by atoms with Crippen molar-refractivity contribution in [1.29, 1.82) is 0 Å². The molecule has 0 unspecified atom stereocenters. The molecule has 1 amide bonds. The lowest BCUT2D eigenvalue weighted by atomic mass is 9.93. The molecule has 1 aliphatic carbocycles. The molecule has 2 fully saturated rings. The van der Waals surface area contributed by atoms with Gasteiger partial charge >= 0.3 is 5.97 Å². The summed E-state index contributed by atoms with van der Waals surface area (Å²) in [5.41, 5.74) is 1.33. The topological polar surface area (TPSA) is 57.6 Å². The molecule has 0 aromatic carbocycles. The summed E-state index contributed by atoms with van der Waals surface area (Å²) >= 11 is 0. The van der Waals surface area contributed by atoms with Gasteiger partial charge in [-0.15, -0.1) is 0 Å². The number of hydrogen-bond donors (Lipinski definition) is 1. The Balaban J connectivity index is 1.95. The predicted molar refractivity (Wildman–Crippen MR) is 86.4 cm³/mol. The van der Waals surface area contributed by atoms with E-state index >= 15 is 0 Å². The van der Waals surface area contributed by atoms with E-state index in [1.807, 2.05) is 4.90 Å². The molecule has 0 aromatic rings. The second-order valence-electron chi connectivity index (χ2n) is 7.79. The Morgan fingerprint density at radius 3 is 2.59 bits per heavy atom. The van der Waals surface area contributed by atoms with E-state index in [1.54, 1.807) is 0 Å². The van der Waals surface area contributed by atoms with Gasteiger partial charge in [-0.2, -0.15) is 0 Å². The van der Waals surface area contributed by atoms with Crippen LogP contribution < -0.4 is 0 Å². The van der Waals surface area contributed by atoms with Crippen LogP contribution in [0.5, 0.6) is 0 Å². The summed E-state index contributed by atoms with van der Waals surface area (Å²) in [6.07, 6.45) is 5.17. The Morgan fingerprint density at radius 1 is 1.32 bits per heavy atom. The standard InChI is InChI=1S/C18H29NO3/c1-12(2)10-14-16(18(14,3)4)17(22)19-9-5-6-13(11-19)7-8-15(20)21/h10,13-14,16H,5-9,11H2,1-4H3,(H,20,21)/t13-,14-,16+/m1/s1. The highest BCUT2D eigenvalue weighted by Crippen LogP contribution is 2.60. The Kier molecular flexibility index (Phi) is 4.98. The lowest BCUT2D eigenvalue weighted by Crippen LogP contribution is -2.41. The van der Waals surface area contributed by atoms with Crippen molar-refractivity contribution in [1.82, 2.24) is 4.90 Å². The fourth-order valence-electron chi connectivity index (χ4n) is 3.84. The molecule has 124 valence electrons. The van der Waals surface area contributed by atoms with Gasteiger partial charge in [-0.3, -0.25) is 9.59 Å².